The molecule has 0 bridgehead atoms. The van der Waals surface area contributed by atoms with Crippen LogP contribution in [0.4, 0.5) is 4.79 Å². The zero-order valence-corrected chi connectivity index (χ0v) is 17.4. The lowest BCUT2D eigenvalue weighted by Gasteiger charge is -2.34. The van der Waals surface area contributed by atoms with Gasteiger partial charge in [-0.2, -0.15) is 0 Å². The van der Waals surface area contributed by atoms with Gasteiger partial charge in [0.15, 0.2) is 0 Å². The Morgan fingerprint density at radius 1 is 1.18 bits per heavy atom. The number of hydrogen-bond acceptors (Lipinski definition) is 7. The van der Waals surface area contributed by atoms with E-state index in [1.807, 2.05) is 18.2 Å². The molecule has 0 fully saturated rings. The standard InChI is InChI=1S/C19H26NO7P/c1-5-26-28(23,27-6-2)11-10-14-8-7-9-15-13-20(19(22)25-4)17(12-16(14)15)18(21)24-3/h7-11,17H,5-6,12-13H2,1-4H3. The molecule has 0 aromatic heterocycles. The Morgan fingerprint density at radius 2 is 1.86 bits per heavy atom. The van der Waals surface area contributed by atoms with Gasteiger partial charge in [0.2, 0.25) is 0 Å². The van der Waals surface area contributed by atoms with E-state index in [1.54, 1.807) is 19.9 Å². The van der Waals surface area contributed by atoms with Crippen LogP contribution in [0.5, 0.6) is 0 Å². The first-order valence-electron chi connectivity index (χ1n) is 9.00. The lowest BCUT2D eigenvalue weighted by atomic mass is 9.90. The molecule has 9 heteroatoms. The maximum atomic E-state index is 12.7. The summed E-state index contributed by atoms with van der Waals surface area (Å²) in [5, 5.41) is 0. The van der Waals surface area contributed by atoms with Crippen LogP contribution in [0.3, 0.4) is 0 Å². The Labute approximate surface area is 164 Å². The van der Waals surface area contributed by atoms with Crippen LogP contribution >= 0.6 is 7.60 Å². The zero-order chi connectivity index (χ0) is 20.7. The first-order valence-corrected chi connectivity index (χ1v) is 10.6. The minimum absolute atomic E-state index is 0.206. The van der Waals surface area contributed by atoms with Gasteiger partial charge in [-0.05, 0) is 36.6 Å². The average molecular weight is 411 g/mol. The number of nitrogens with zero attached hydrogens (tertiary/aromatic N) is 1. The van der Waals surface area contributed by atoms with E-state index in [1.165, 1.54) is 24.9 Å². The van der Waals surface area contributed by atoms with Crippen LogP contribution in [0.1, 0.15) is 30.5 Å². The van der Waals surface area contributed by atoms with Crippen LogP contribution in [0, 0.1) is 0 Å². The first-order chi connectivity index (χ1) is 13.4. The van der Waals surface area contributed by atoms with Crippen LogP contribution in [0.2, 0.25) is 0 Å². The highest BCUT2D eigenvalue weighted by molar-refractivity contribution is 7.57. The number of carbonyl (C=O) groups is 2. The molecule has 1 aliphatic rings. The van der Waals surface area contributed by atoms with Crippen molar-refractivity contribution in [2.45, 2.75) is 32.9 Å². The van der Waals surface area contributed by atoms with Crippen LogP contribution in [0.15, 0.2) is 24.0 Å². The second kappa shape index (κ2) is 9.87. The van der Waals surface area contributed by atoms with Gasteiger partial charge >= 0.3 is 19.7 Å². The number of fused-ring (bicyclic) bond motifs is 1. The summed E-state index contributed by atoms with van der Waals surface area (Å²) in [5.74, 6) is 0.902. The van der Waals surface area contributed by atoms with E-state index in [2.05, 4.69) is 0 Å². The molecule has 1 unspecified atom stereocenters. The molecular formula is C19H26NO7P. The molecule has 2 rings (SSSR count). The molecule has 1 aromatic carbocycles. The Hall–Kier alpha value is -2.15. The summed E-state index contributed by atoms with van der Waals surface area (Å²) in [6.07, 6.45) is 1.33. The summed E-state index contributed by atoms with van der Waals surface area (Å²) in [7, 11) is -0.805. The van der Waals surface area contributed by atoms with Gasteiger partial charge in [0.1, 0.15) is 6.04 Å². The van der Waals surface area contributed by atoms with E-state index in [0.717, 1.165) is 16.7 Å². The monoisotopic (exact) mass is 411 g/mol. The molecule has 1 aromatic rings. The van der Waals surface area contributed by atoms with Gasteiger partial charge in [0, 0.05) is 12.2 Å². The molecule has 0 saturated heterocycles. The van der Waals surface area contributed by atoms with Crippen molar-refractivity contribution in [1.29, 1.82) is 0 Å². The Kier molecular flexibility index (Phi) is 7.80. The van der Waals surface area contributed by atoms with Crippen molar-refractivity contribution in [1.82, 2.24) is 4.90 Å². The number of ether oxygens (including phenoxy) is 2. The van der Waals surface area contributed by atoms with Crippen molar-refractivity contribution in [2.75, 3.05) is 27.4 Å². The molecular weight excluding hydrogens is 385 g/mol. The maximum absolute atomic E-state index is 12.7. The van der Waals surface area contributed by atoms with Crippen molar-refractivity contribution in [3.8, 4) is 0 Å². The molecule has 1 atom stereocenters. The van der Waals surface area contributed by atoms with Crippen molar-refractivity contribution >= 4 is 25.7 Å². The van der Waals surface area contributed by atoms with Gasteiger partial charge in [-0.25, -0.2) is 9.59 Å². The van der Waals surface area contributed by atoms with E-state index in [4.69, 9.17) is 18.5 Å². The Balaban J connectivity index is 2.40. The minimum atomic E-state index is -3.35. The van der Waals surface area contributed by atoms with Gasteiger partial charge < -0.3 is 18.5 Å². The number of amides is 1. The summed E-state index contributed by atoms with van der Waals surface area (Å²) in [4.78, 5) is 25.7. The average Bonchev–Trinajstić information content (AvgIpc) is 2.70. The largest absolute Gasteiger partial charge is 0.467 e. The van der Waals surface area contributed by atoms with Gasteiger partial charge in [-0.3, -0.25) is 9.46 Å². The smallest absolute Gasteiger partial charge is 0.410 e. The number of hydrogen-bond donors (Lipinski definition) is 0. The molecule has 0 saturated carbocycles. The molecule has 0 N–H and O–H groups in total. The van der Waals surface area contributed by atoms with E-state index < -0.39 is 25.7 Å². The molecule has 8 nitrogen and oxygen atoms in total. The predicted molar refractivity (Wildman–Crippen MR) is 104 cm³/mol. The molecule has 0 spiro atoms. The highest BCUT2D eigenvalue weighted by Crippen LogP contribution is 2.50. The molecule has 154 valence electrons. The maximum Gasteiger partial charge on any atom is 0.410 e. The van der Waals surface area contributed by atoms with Crippen molar-refractivity contribution in [3.63, 3.8) is 0 Å². The number of carbonyl (C=O) groups excluding carboxylic acids is 2. The summed E-state index contributed by atoms with van der Waals surface area (Å²) >= 11 is 0. The summed E-state index contributed by atoms with van der Waals surface area (Å²) in [6, 6.07) is 4.75. The highest BCUT2D eigenvalue weighted by Gasteiger charge is 2.36. The summed E-state index contributed by atoms with van der Waals surface area (Å²) in [6.45, 7) is 4.20. The fourth-order valence-corrected chi connectivity index (χ4v) is 4.43. The third-order valence-electron chi connectivity index (χ3n) is 4.36. The van der Waals surface area contributed by atoms with Crippen LogP contribution in [0.25, 0.3) is 6.08 Å². The molecule has 28 heavy (non-hydrogen) atoms. The second-order valence-corrected chi connectivity index (χ2v) is 7.91. The topological polar surface area (TPSA) is 91.4 Å². The van der Waals surface area contributed by atoms with Gasteiger partial charge in [-0.15, -0.1) is 0 Å². The lowest BCUT2D eigenvalue weighted by molar-refractivity contribution is -0.146. The van der Waals surface area contributed by atoms with E-state index >= 15 is 0 Å². The van der Waals surface area contributed by atoms with Crippen molar-refractivity contribution in [2.24, 2.45) is 0 Å². The fourth-order valence-electron chi connectivity index (χ4n) is 3.12. The number of methoxy groups -OCH3 is 2. The van der Waals surface area contributed by atoms with E-state index in [0.29, 0.717) is 0 Å². The third-order valence-corrected chi connectivity index (χ3v) is 6.11. The predicted octanol–water partition coefficient (Wildman–Crippen LogP) is 3.59. The molecule has 1 aliphatic heterocycles. The number of esters is 1. The van der Waals surface area contributed by atoms with Crippen LogP contribution < -0.4 is 0 Å². The van der Waals surface area contributed by atoms with E-state index in [-0.39, 0.29) is 26.2 Å². The fraction of sp³-hybridized carbons (Fsp3) is 0.474. The summed E-state index contributed by atoms with van der Waals surface area (Å²) in [5.41, 5.74) is 2.51. The molecule has 0 aliphatic carbocycles. The molecule has 1 heterocycles. The molecule has 0 radical (unpaired) electrons. The van der Waals surface area contributed by atoms with Crippen molar-refractivity contribution < 1.29 is 32.7 Å². The number of rotatable bonds is 7. The Bertz CT molecular complexity index is 782. The third kappa shape index (κ3) is 5.01. The SMILES string of the molecule is CCOP(=O)(C=Cc1cccc2c1CC(C(=O)OC)N(C(=O)OC)C2)OCC. The quantitative estimate of drug-likeness (QED) is 0.500. The summed E-state index contributed by atoms with van der Waals surface area (Å²) < 4.78 is 32.9. The second-order valence-electron chi connectivity index (χ2n) is 6.02. The lowest BCUT2D eigenvalue weighted by Crippen LogP contribution is -2.49. The van der Waals surface area contributed by atoms with Crippen LogP contribution in [-0.4, -0.2) is 50.4 Å². The Morgan fingerprint density at radius 3 is 2.43 bits per heavy atom. The zero-order valence-electron chi connectivity index (χ0n) is 16.5. The number of benzene rings is 1. The minimum Gasteiger partial charge on any atom is -0.467 e. The van der Waals surface area contributed by atoms with Crippen molar-refractivity contribution in [3.05, 3.63) is 40.7 Å². The van der Waals surface area contributed by atoms with Gasteiger partial charge in [0.25, 0.3) is 0 Å². The van der Waals surface area contributed by atoms with E-state index in [9.17, 15) is 14.2 Å². The normalized spacial score (nSPS) is 16.7. The highest BCUT2D eigenvalue weighted by atomic mass is 31.2. The molecule has 1 amide bonds. The first kappa shape index (κ1) is 22.1. The van der Waals surface area contributed by atoms with Gasteiger partial charge in [-0.1, -0.05) is 18.2 Å². The van der Waals surface area contributed by atoms with Gasteiger partial charge in [0.05, 0.1) is 34.0 Å². The van der Waals surface area contributed by atoms with Crippen LogP contribution in [-0.2, 0) is 40.8 Å².